The second kappa shape index (κ2) is 8.06. The molecule has 0 saturated heterocycles. The molecule has 2 rings (SSSR count). The van der Waals surface area contributed by atoms with E-state index >= 15 is 0 Å². The topological polar surface area (TPSA) is 71.1 Å². The lowest BCUT2D eigenvalue weighted by Crippen LogP contribution is -2.27. The van der Waals surface area contributed by atoms with Gasteiger partial charge in [-0.25, -0.2) is 0 Å². The average molecular weight is 390 g/mol. The summed E-state index contributed by atoms with van der Waals surface area (Å²) in [6, 6.07) is 7.11. The Kier molecular flexibility index (Phi) is 6.09. The molecule has 0 radical (unpaired) electrons. The number of hydrogen-bond donors (Lipinski definition) is 2. The number of amides is 2. The summed E-state index contributed by atoms with van der Waals surface area (Å²) in [6.45, 7) is 6.58. The summed E-state index contributed by atoms with van der Waals surface area (Å²) in [7, 11) is 0. The van der Waals surface area contributed by atoms with Gasteiger partial charge in [-0.1, -0.05) is 35.8 Å². The summed E-state index contributed by atoms with van der Waals surface area (Å²) >= 11 is 3.44. The van der Waals surface area contributed by atoms with E-state index in [1.807, 2.05) is 39.0 Å². The van der Waals surface area contributed by atoms with Crippen LogP contribution in [0.15, 0.2) is 41.1 Å². The molecule has 126 valence electrons. The van der Waals surface area contributed by atoms with Crippen LogP contribution in [0.4, 0.5) is 5.69 Å². The van der Waals surface area contributed by atoms with Crippen LogP contribution in [-0.2, 0) is 0 Å². The molecule has 6 heteroatoms. The molecule has 0 saturated carbocycles. The number of halogens is 1. The van der Waals surface area contributed by atoms with Crippen molar-refractivity contribution >= 4 is 33.4 Å². The highest BCUT2D eigenvalue weighted by Crippen LogP contribution is 2.21. The van der Waals surface area contributed by atoms with Gasteiger partial charge in [0.05, 0.1) is 11.1 Å². The highest BCUT2D eigenvalue weighted by atomic mass is 79.9. The summed E-state index contributed by atoms with van der Waals surface area (Å²) in [5.74, 6) is -0.186. The van der Waals surface area contributed by atoms with Gasteiger partial charge in [-0.3, -0.25) is 14.6 Å². The number of carbonyl (C=O) groups is 2. The molecule has 24 heavy (non-hydrogen) atoms. The zero-order valence-corrected chi connectivity index (χ0v) is 15.5. The maximum atomic E-state index is 12.4. The number of benzene rings is 1. The van der Waals surface area contributed by atoms with Crippen LogP contribution in [0.5, 0.6) is 0 Å². The van der Waals surface area contributed by atoms with Crippen molar-refractivity contribution in [2.45, 2.75) is 20.8 Å². The Hall–Kier alpha value is -2.21. The number of carbonyl (C=O) groups excluding carboxylic acids is 2. The highest BCUT2D eigenvalue weighted by molar-refractivity contribution is 9.10. The van der Waals surface area contributed by atoms with Crippen molar-refractivity contribution in [3.05, 3.63) is 57.8 Å². The lowest BCUT2D eigenvalue weighted by Gasteiger charge is -2.09. The van der Waals surface area contributed by atoms with Gasteiger partial charge >= 0.3 is 0 Å². The van der Waals surface area contributed by atoms with Gasteiger partial charge < -0.3 is 10.6 Å². The van der Waals surface area contributed by atoms with Gasteiger partial charge in [0.15, 0.2) is 0 Å². The molecule has 2 amide bonds. The van der Waals surface area contributed by atoms with Gasteiger partial charge in [0.25, 0.3) is 11.8 Å². The number of hydrogen-bond acceptors (Lipinski definition) is 3. The normalized spacial score (nSPS) is 10.5. The second-order valence-corrected chi connectivity index (χ2v) is 6.84. The quantitative estimate of drug-likeness (QED) is 0.816. The Morgan fingerprint density at radius 2 is 1.79 bits per heavy atom. The minimum atomic E-state index is -0.309. The van der Waals surface area contributed by atoms with Crippen LogP contribution < -0.4 is 10.6 Å². The van der Waals surface area contributed by atoms with E-state index in [1.165, 1.54) is 12.4 Å². The molecule has 0 spiro atoms. The second-order valence-electron chi connectivity index (χ2n) is 5.98. The lowest BCUT2D eigenvalue weighted by atomic mass is 10.1. The molecule has 1 heterocycles. The van der Waals surface area contributed by atoms with E-state index in [2.05, 4.69) is 31.5 Å². The fourth-order valence-electron chi connectivity index (χ4n) is 1.96. The summed E-state index contributed by atoms with van der Waals surface area (Å²) in [5.41, 5.74) is 2.46. The van der Waals surface area contributed by atoms with Gasteiger partial charge in [0.2, 0.25) is 0 Å². The summed E-state index contributed by atoms with van der Waals surface area (Å²) in [4.78, 5) is 28.4. The van der Waals surface area contributed by atoms with E-state index in [0.717, 1.165) is 10.0 Å². The maximum absolute atomic E-state index is 12.4. The minimum Gasteiger partial charge on any atom is -0.352 e. The maximum Gasteiger partial charge on any atom is 0.257 e. The fourth-order valence-corrected chi connectivity index (χ4v) is 2.34. The smallest absolute Gasteiger partial charge is 0.257 e. The molecule has 0 bridgehead atoms. The van der Waals surface area contributed by atoms with Gasteiger partial charge in [0.1, 0.15) is 0 Å². The Balaban J connectivity index is 2.11. The van der Waals surface area contributed by atoms with E-state index in [1.54, 1.807) is 6.07 Å². The third-order valence-corrected chi connectivity index (χ3v) is 4.22. The molecule has 0 unspecified atom stereocenters. The Labute approximate surface area is 150 Å². The molecule has 1 aromatic heterocycles. The first-order valence-corrected chi connectivity index (χ1v) is 8.47. The fraction of sp³-hybridized carbons (Fsp3) is 0.278. The van der Waals surface area contributed by atoms with Crippen molar-refractivity contribution in [2.24, 2.45) is 5.92 Å². The lowest BCUT2D eigenvalue weighted by molar-refractivity contribution is 0.0948. The first-order chi connectivity index (χ1) is 11.4. The third kappa shape index (κ3) is 4.89. The monoisotopic (exact) mass is 389 g/mol. The van der Waals surface area contributed by atoms with Gasteiger partial charge in [-0.2, -0.15) is 0 Å². The summed E-state index contributed by atoms with van der Waals surface area (Å²) in [5, 5.41) is 5.61. The van der Waals surface area contributed by atoms with Gasteiger partial charge in [-0.15, -0.1) is 0 Å². The Morgan fingerprint density at radius 3 is 2.42 bits per heavy atom. The van der Waals surface area contributed by atoms with E-state index in [-0.39, 0.29) is 11.8 Å². The van der Waals surface area contributed by atoms with E-state index in [9.17, 15) is 9.59 Å². The number of rotatable bonds is 5. The van der Waals surface area contributed by atoms with E-state index in [4.69, 9.17) is 0 Å². The molecule has 0 aliphatic rings. The van der Waals surface area contributed by atoms with Crippen molar-refractivity contribution in [1.82, 2.24) is 10.3 Å². The summed E-state index contributed by atoms with van der Waals surface area (Å²) < 4.78 is 0.917. The predicted octanol–water partition coefficient (Wildman–Crippen LogP) is 3.79. The van der Waals surface area contributed by atoms with Crippen molar-refractivity contribution in [1.29, 1.82) is 0 Å². The van der Waals surface area contributed by atoms with Crippen molar-refractivity contribution in [3.63, 3.8) is 0 Å². The third-order valence-electron chi connectivity index (χ3n) is 3.36. The number of nitrogens with one attached hydrogen (secondary N) is 2. The molecule has 0 fully saturated rings. The first-order valence-electron chi connectivity index (χ1n) is 7.67. The average Bonchev–Trinajstić information content (AvgIpc) is 2.56. The number of nitrogens with zero attached hydrogens (tertiary/aromatic N) is 1. The van der Waals surface area contributed by atoms with Crippen molar-refractivity contribution < 1.29 is 9.59 Å². The number of anilines is 1. The standard InChI is InChI=1S/C18H20BrN3O2/c1-11(2)8-21-17(23)13-6-14(10-20-9-13)18(24)22-15-5-4-12(3)16(19)7-15/h4-7,9-11H,8H2,1-3H3,(H,21,23)(H,22,24). The molecule has 0 atom stereocenters. The van der Waals surface area contributed by atoms with Crippen molar-refractivity contribution in [3.8, 4) is 0 Å². The SMILES string of the molecule is Cc1ccc(NC(=O)c2cncc(C(=O)NCC(C)C)c2)cc1Br. The Morgan fingerprint density at radius 1 is 1.12 bits per heavy atom. The molecule has 5 nitrogen and oxygen atoms in total. The Bertz CT molecular complexity index is 760. The first kappa shape index (κ1) is 18.1. The van der Waals surface area contributed by atoms with Crippen LogP contribution in [0.1, 0.15) is 40.1 Å². The molecule has 0 aliphatic heterocycles. The van der Waals surface area contributed by atoms with Crippen LogP contribution >= 0.6 is 15.9 Å². The molecule has 0 aliphatic carbocycles. The summed E-state index contributed by atoms with van der Waals surface area (Å²) in [6.07, 6.45) is 2.90. The largest absolute Gasteiger partial charge is 0.352 e. The van der Waals surface area contributed by atoms with Crippen LogP contribution in [0.25, 0.3) is 0 Å². The molecule has 2 N–H and O–H groups in total. The van der Waals surface area contributed by atoms with Gasteiger partial charge in [0, 0.05) is 29.1 Å². The number of aromatic nitrogens is 1. The van der Waals surface area contributed by atoms with E-state index < -0.39 is 0 Å². The van der Waals surface area contributed by atoms with Crippen molar-refractivity contribution in [2.75, 3.05) is 11.9 Å². The molecular weight excluding hydrogens is 370 g/mol. The van der Waals surface area contributed by atoms with Crippen LogP contribution in [0.3, 0.4) is 0 Å². The zero-order chi connectivity index (χ0) is 17.7. The highest BCUT2D eigenvalue weighted by Gasteiger charge is 2.12. The molecular formula is C18H20BrN3O2. The predicted molar refractivity (Wildman–Crippen MR) is 98.2 cm³/mol. The minimum absolute atomic E-state index is 0.232. The zero-order valence-electron chi connectivity index (χ0n) is 13.9. The van der Waals surface area contributed by atoms with Gasteiger partial charge in [-0.05, 0) is 36.6 Å². The van der Waals surface area contributed by atoms with Crippen LogP contribution in [0.2, 0.25) is 0 Å². The molecule has 1 aromatic carbocycles. The van der Waals surface area contributed by atoms with Crippen LogP contribution in [-0.4, -0.2) is 23.3 Å². The molecule has 2 aromatic rings. The van der Waals surface area contributed by atoms with E-state index in [0.29, 0.717) is 29.3 Å². The number of aryl methyl sites for hydroxylation is 1. The van der Waals surface area contributed by atoms with Crippen LogP contribution in [0, 0.1) is 12.8 Å². The number of pyridine rings is 1.